The summed E-state index contributed by atoms with van der Waals surface area (Å²) >= 11 is 0. The molecule has 3 aromatic rings. The predicted octanol–water partition coefficient (Wildman–Crippen LogP) is 4.40. The van der Waals surface area contributed by atoms with Crippen LogP contribution in [-0.4, -0.2) is 20.1 Å². The average Bonchev–Trinajstić information content (AvgIpc) is 2.69. The van der Waals surface area contributed by atoms with E-state index in [0.717, 1.165) is 11.1 Å². The first-order valence-electron chi connectivity index (χ1n) is 8.30. The zero-order valence-electron chi connectivity index (χ0n) is 14.3. The van der Waals surface area contributed by atoms with Crippen LogP contribution >= 0.6 is 0 Å². The Balaban J connectivity index is 1.86. The lowest BCUT2D eigenvalue weighted by atomic mass is 9.99. The van der Waals surface area contributed by atoms with Crippen molar-refractivity contribution in [2.45, 2.75) is 11.8 Å². The molecule has 0 aromatic heterocycles. The van der Waals surface area contributed by atoms with E-state index in [2.05, 4.69) is 5.32 Å². The van der Waals surface area contributed by atoms with Crippen LogP contribution in [0.5, 0.6) is 0 Å². The molecule has 0 bridgehead atoms. The highest BCUT2D eigenvalue weighted by Crippen LogP contribution is 2.24. The molecule has 0 unspecified atom stereocenters. The van der Waals surface area contributed by atoms with Gasteiger partial charge in [0.2, 0.25) is 0 Å². The summed E-state index contributed by atoms with van der Waals surface area (Å²) in [6.07, 6.45) is 0. The summed E-state index contributed by atoms with van der Waals surface area (Å²) in [5, 5.41) is 2.83. The molecule has 0 atom stereocenters. The van der Waals surface area contributed by atoms with Gasteiger partial charge in [-0.2, -0.15) is 0 Å². The van der Waals surface area contributed by atoms with Crippen molar-refractivity contribution in [2.24, 2.45) is 0 Å². The summed E-state index contributed by atoms with van der Waals surface area (Å²) in [6, 6.07) is 23.3. The first-order valence-corrected chi connectivity index (χ1v) is 9.95. The molecule has 4 nitrogen and oxygen atoms in total. The van der Waals surface area contributed by atoms with Crippen LogP contribution in [0.25, 0.3) is 11.1 Å². The molecule has 0 aliphatic carbocycles. The highest BCUT2D eigenvalue weighted by atomic mass is 32.2. The number of carbonyl (C=O) groups excluding carboxylic acids is 1. The number of sulfone groups is 1. The fourth-order valence-corrected chi connectivity index (χ4v) is 3.55. The summed E-state index contributed by atoms with van der Waals surface area (Å²) in [5.74, 6) is -0.195. The molecule has 5 heteroatoms. The van der Waals surface area contributed by atoms with Crippen molar-refractivity contribution in [2.75, 3.05) is 11.1 Å². The van der Waals surface area contributed by atoms with Crippen LogP contribution in [0.2, 0.25) is 0 Å². The molecule has 1 amide bonds. The number of nitrogens with one attached hydrogen (secondary N) is 1. The van der Waals surface area contributed by atoms with E-state index in [1.807, 2.05) is 48.5 Å². The van der Waals surface area contributed by atoms with E-state index in [9.17, 15) is 13.2 Å². The van der Waals surface area contributed by atoms with Crippen LogP contribution in [0.3, 0.4) is 0 Å². The molecule has 1 N–H and O–H groups in total. The van der Waals surface area contributed by atoms with Gasteiger partial charge in [0.05, 0.1) is 10.6 Å². The van der Waals surface area contributed by atoms with Crippen molar-refractivity contribution in [3.8, 4) is 11.1 Å². The van der Waals surface area contributed by atoms with E-state index in [-0.39, 0.29) is 16.6 Å². The standard InChI is InChI=1S/C21H19NO3S/c1-2-26(24,25)18-14-12-17(13-15-18)22-21(23)20-11-7-6-10-19(20)16-8-4-3-5-9-16/h3-15H,2H2,1H3,(H,22,23). The Hall–Kier alpha value is -2.92. The van der Waals surface area contributed by atoms with Gasteiger partial charge in [-0.25, -0.2) is 8.42 Å². The van der Waals surface area contributed by atoms with E-state index in [1.165, 1.54) is 12.1 Å². The highest BCUT2D eigenvalue weighted by Gasteiger charge is 2.14. The summed E-state index contributed by atoms with van der Waals surface area (Å²) in [4.78, 5) is 13.0. The van der Waals surface area contributed by atoms with Gasteiger partial charge in [-0.05, 0) is 41.5 Å². The lowest BCUT2D eigenvalue weighted by Crippen LogP contribution is -2.13. The molecule has 0 saturated heterocycles. The minimum absolute atomic E-state index is 0.0448. The van der Waals surface area contributed by atoms with Gasteiger partial charge in [-0.1, -0.05) is 55.5 Å². The molecule has 0 radical (unpaired) electrons. The minimum atomic E-state index is -3.25. The lowest BCUT2D eigenvalue weighted by Gasteiger charge is -2.11. The Morgan fingerprint density at radius 1 is 0.846 bits per heavy atom. The molecule has 26 heavy (non-hydrogen) atoms. The molecular weight excluding hydrogens is 346 g/mol. The second-order valence-corrected chi connectivity index (χ2v) is 8.07. The van der Waals surface area contributed by atoms with Gasteiger partial charge in [-0.3, -0.25) is 4.79 Å². The molecule has 0 heterocycles. The molecule has 0 aliphatic heterocycles. The Kier molecular flexibility index (Phi) is 5.19. The van der Waals surface area contributed by atoms with Crippen LogP contribution in [0.1, 0.15) is 17.3 Å². The first kappa shape index (κ1) is 17.9. The Bertz CT molecular complexity index is 1010. The summed E-state index contributed by atoms with van der Waals surface area (Å²) in [5.41, 5.74) is 2.91. The third-order valence-corrected chi connectivity index (χ3v) is 5.86. The van der Waals surface area contributed by atoms with Crippen LogP contribution in [0, 0.1) is 0 Å². The maximum Gasteiger partial charge on any atom is 0.256 e. The molecular formula is C21H19NO3S. The quantitative estimate of drug-likeness (QED) is 0.729. The van der Waals surface area contributed by atoms with Gasteiger partial charge < -0.3 is 5.32 Å². The maximum atomic E-state index is 12.7. The number of benzene rings is 3. The van der Waals surface area contributed by atoms with Gasteiger partial charge in [-0.15, -0.1) is 0 Å². The van der Waals surface area contributed by atoms with Crippen molar-refractivity contribution in [3.05, 3.63) is 84.4 Å². The zero-order valence-corrected chi connectivity index (χ0v) is 15.2. The normalized spacial score (nSPS) is 11.1. The summed E-state index contributed by atoms with van der Waals surface area (Å²) in [6.45, 7) is 1.60. The van der Waals surface area contributed by atoms with Gasteiger partial charge in [0.1, 0.15) is 0 Å². The summed E-state index contributed by atoms with van der Waals surface area (Å²) in [7, 11) is -3.25. The van der Waals surface area contributed by atoms with Crippen molar-refractivity contribution in [1.29, 1.82) is 0 Å². The third kappa shape index (κ3) is 3.83. The van der Waals surface area contributed by atoms with Crippen molar-refractivity contribution in [1.82, 2.24) is 0 Å². The smallest absolute Gasteiger partial charge is 0.256 e. The van der Waals surface area contributed by atoms with Crippen LogP contribution < -0.4 is 5.32 Å². The van der Waals surface area contributed by atoms with Crippen molar-refractivity contribution < 1.29 is 13.2 Å². The van der Waals surface area contributed by atoms with E-state index in [0.29, 0.717) is 11.3 Å². The van der Waals surface area contributed by atoms with E-state index >= 15 is 0 Å². The number of rotatable bonds is 5. The number of anilines is 1. The van der Waals surface area contributed by atoms with Crippen molar-refractivity contribution >= 4 is 21.4 Å². The minimum Gasteiger partial charge on any atom is -0.322 e. The van der Waals surface area contributed by atoms with Gasteiger partial charge in [0.15, 0.2) is 9.84 Å². The van der Waals surface area contributed by atoms with Crippen LogP contribution in [0.4, 0.5) is 5.69 Å². The van der Waals surface area contributed by atoms with Crippen LogP contribution in [0.15, 0.2) is 83.8 Å². The molecule has 0 saturated carbocycles. The number of amides is 1. The van der Waals surface area contributed by atoms with Gasteiger partial charge in [0, 0.05) is 11.3 Å². The second kappa shape index (κ2) is 7.54. The summed E-state index contributed by atoms with van der Waals surface area (Å²) < 4.78 is 23.7. The molecule has 3 rings (SSSR count). The number of hydrogen-bond acceptors (Lipinski definition) is 3. The highest BCUT2D eigenvalue weighted by molar-refractivity contribution is 7.91. The molecule has 0 fully saturated rings. The van der Waals surface area contributed by atoms with E-state index in [4.69, 9.17) is 0 Å². The number of carbonyl (C=O) groups is 1. The molecule has 0 spiro atoms. The SMILES string of the molecule is CCS(=O)(=O)c1ccc(NC(=O)c2ccccc2-c2ccccc2)cc1. The maximum absolute atomic E-state index is 12.7. The van der Waals surface area contributed by atoms with Gasteiger partial charge >= 0.3 is 0 Å². The molecule has 3 aromatic carbocycles. The van der Waals surface area contributed by atoms with E-state index in [1.54, 1.807) is 25.1 Å². The second-order valence-electron chi connectivity index (χ2n) is 5.79. The Morgan fingerprint density at radius 2 is 1.46 bits per heavy atom. The van der Waals surface area contributed by atoms with Crippen LogP contribution in [-0.2, 0) is 9.84 Å². The molecule has 0 aliphatic rings. The van der Waals surface area contributed by atoms with Gasteiger partial charge in [0.25, 0.3) is 5.91 Å². The monoisotopic (exact) mass is 365 g/mol. The molecule has 132 valence electrons. The topological polar surface area (TPSA) is 63.2 Å². The number of hydrogen-bond donors (Lipinski definition) is 1. The largest absolute Gasteiger partial charge is 0.322 e. The predicted molar refractivity (Wildman–Crippen MR) is 104 cm³/mol. The average molecular weight is 365 g/mol. The lowest BCUT2D eigenvalue weighted by molar-refractivity contribution is 0.102. The van der Waals surface area contributed by atoms with E-state index < -0.39 is 9.84 Å². The fraction of sp³-hybridized carbons (Fsp3) is 0.0952. The Morgan fingerprint density at radius 3 is 2.12 bits per heavy atom. The zero-order chi connectivity index (χ0) is 18.6. The first-order chi connectivity index (χ1) is 12.5. The third-order valence-electron chi connectivity index (χ3n) is 4.11. The van der Waals surface area contributed by atoms with Crippen molar-refractivity contribution in [3.63, 3.8) is 0 Å². The fourth-order valence-electron chi connectivity index (χ4n) is 2.66. The Labute approximate surface area is 153 Å².